The fourth-order valence-electron chi connectivity index (χ4n) is 3.61. The highest BCUT2D eigenvalue weighted by Crippen LogP contribution is 2.33. The summed E-state index contributed by atoms with van der Waals surface area (Å²) in [6.45, 7) is 3.22. The van der Waals surface area contributed by atoms with Gasteiger partial charge in [0.1, 0.15) is 23.9 Å². The number of anilines is 1. The number of likely N-dealkylation sites (tertiary alicyclic amines) is 1. The van der Waals surface area contributed by atoms with E-state index in [9.17, 15) is 18.0 Å². The summed E-state index contributed by atoms with van der Waals surface area (Å²) in [6, 6.07) is 13.8. The van der Waals surface area contributed by atoms with Crippen LogP contribution in [0.3, 0.4) is 0 Å². The van der Waals surface area contributed by atoms with Crippen molar-refractivity contribution >= 4 is 11.6 Å². The lowest BCUT2D eigenvalue weighted by Gasteiger charge is -2.17. The maximum absolute atomic E-state index is 13.0. The van der Waals surface area contributed by atoms with E-state index < -0.39 is 17.8 Å². The standard InChI is InChI=1S/C25H23F3N4O2/c26-25(27,28)22-17-29-24(31-22)19-9-10-21(34-15-14-32-12-4-5-13-32)20(16-19)30-23(33)11-8-18-6-2-1-3-7-18/h1-3,6-7,9-10,16-17H,4-5,12-15H2,(H,29,31)(H,30,33). The number of alkyl halides is 3. The molecule has 0 radical (unpaired) electrons. The predicted octanol–water partition coefficient (Wildman–Crippen LogP) is 4.56. The van der Waals surface area contributed by atoms with Crippen molar-refractivity contribution < 1.29 is 22.7 Å². The van der Waals surface area contributed by atoms with Crippen LogP contribution in [-0.4, -0.2) is 47.0 Å². The Balaban J connectivity index is 1.54. The normalized spacial score (nSPS) is 13.9. The smallest absolute Gasteiger partial charge is 0.432 e. The molecule has 0 saturated carbocycles. The number of aromatic nitrogens is 2. The topological polar surface area (TPSA) is 70.2 Å². The molecule has 2 aromatic carbocycles. The lowest BCUT2D eigenvalue weighted by Crippen LogP contribution is -2.25. The Hall–Kier alpha value is -3.77. The first-order valence-electron chi connectivity index (χ1n) is 10.9. The molecule has 2 heterocycles. The first-order chi connectivity index (χ1) is 16.4. The Morgan fingerprint density at radius 1 is 1.15 bits per heavy atom. The number of amides is 1. The zero-order chi connectivity index (χ0) is 24.0. The van der Waals surface area contributed by atoms with Gasteiger partial charge in [0.15, 0.2) is 0 Å². The van der Waals surface area contributed by atoms with E-state index >= 15 is 0 Å². The molecule has 176 valence electrons. The quantitative estimate of drug-likeness (QED) is 0.521. The zero-order valence-electron chi connectivity index (χ0n) is 18.3. The summed E-state index contributed by atoms with van der Waals surface area (Å²) in [7, 11) is 0. The molecular weight excluding hydrogens is 445 g/mol. The summed E-state index contributed by atoms with van der Waals surface area (Å²) < 4.78 is 44.8. The highest BCUT2D eigenvalue weighted by atomic mass is 19.4. The molecule has 1 saturated heterocycles. The summed E-state index contributed by atoms with van der Waals surface area (Å²) in [5.41, 5.74) is 0.404. The number of hydrogen-bond acceptors (Lipinski definition) is 4. The van der Waals surface area contributed by atoms with E-state index in [4.69, 9.17) is 4.74 Å². The van der Waals surface area contributed by atoms with Crippen LogP contribution in [0.15, 0.2) is 54.7 Å². The maximum Gasteiger partial charge on any atom is 0.432 e. The van der Waals surface area contributed by atoms with E-state index in [2.05, 4.69) is 32.0 Å². The molecule has 9 heteroatoms. The highest BCUT2D eigenvalue weighted by molar-refractivity contribution is 6.05. The van der Waals surface area contributed by atoms with E-state index in [-0.39, 0.29) is 5.82 Å². The molecule has 1 aliphatic rings. The number of carbonyl (C=O) groups excluding carboxylic acids is 1. The lowest BCUT2D eigenvalue weighted by molar-refractivity contribution is -0.140. The number of nitrogens with zero attached hydrogens (tertiary/aromatic N) is 2. The Morgan fingerprint density at radius 3 is 2.62 bits per heavy atom. The Morgan fingerprint density at radius 2 is 1.91 bits per heavy atom. The van der Waals surface area contributed by atoms with Crippen LogP contribution in [0, 0.1) is 11.8 Å². The number of imidazole rings is 1. The minimum Gasteiger partial charge on any atom is -0.490 e. The van der Waals surface area contributed by atoms with Gasteiger partial charge >= 0.3 is 12.1 Å². The van der Waals surface area contributed by atoms with E-state index in [1.807, 2.05) is 18.2 Å². The van der Waals surface area contributed by atoms with Gasteiger partial charge in [0.05, 0.1) is 11.9 Å². The van der Waals surface area contributed by atoms with E-state index in [0.717, 1.165) is 25.8 Å². The molecule has 0 spiro atoms. The SMILES string of the molecule is O=C(C#Cc1ccccc1)Nc1cc(-c2ncc(C(F)(F)F)[nH]2)ccc1OCCN1CCCC1. The van der Waals surface area contributed by atoms with Gasteiger partial charge < -0.3 is 15.0 Å². The van der Waals surface area contributed by atoms with Gasteiger partial charge in [-0.05, 0) is 56.3 Å². The highest BCUT2D eigenvalue weighted by Gasteiger charge is 2.33. The van der Waals surface area contributed by atoms with Gasteiger partial charge in [0.2, 0.25) is 0 Å². The molecule has 1 aliphatic heterocycles. The summed E-state index contributed by atoms with van der Waals surface area (Å²) in [4.78, 5) is 20.9. The summed E-state index contributed by atoms with van der Waals surface area (Å²) in [6.07, 6.45) is -1.47. The summed E-state index contributed by atoms with van der Waals surface area (Å²) in [5.74, 6) is 5.16. The number of carbonyl (C=O) groups is 1. The molecule has 1 aromatic heterocycles. The van der Waals surface area contributed by atoms with Crippen molar-refractivity contribution in [2.45, 2.75) is 19.0 Å². The minimum atomic E-state index is -4.53. The van der Waals surface area contributed by atoms with Gasteiger partial charge in [0.25, 0.3) is 0 Å². The van der Waals surface area contributed by atoms with Crippen molar-refractivity contribution in [3.05, 3.63) is 66.0 Å². The van der Waals surface area contributed by atoms with Crippen molar-refractivity contribution in [2.24, 2.45) is 0 Å². The first kappa shape index (κ1) is 23.4. The fourth-order valence-corrected chi connectivity index (χ4v) is 3.61. The third-order valence-corrected chi connectivity index (χ3v) is 5.34. The first-order valence-corrected chi connectivity index (χ1v) is 10.9. The largest absolute Gasteiger partial charge is 0.490 e. The molecule has 34 heavy (non-hydrogen) atoms. The third-order valence-electron chi connectivity index (χ3n) is 5.34. The second-order valence-electron chi connectivity index (χ2n) is 7.82. The fraction of sp³-hybridized carbons (Fsp3) is 0.280. The number of halogens is 3. The van der Waals surface area contributed by atoms with Crippen LogP contribution < -0.4 is 10.1 Å². The third kappa shape index (κ3) is 6.17. The van der Waals surface area contributed by atoms with Crippen molar-refractivity contribution in [2.75, 3.05) is 31.6 Å². The Bertz CT molecular complexity index is 1190. The number of rotatable bonds is 6. The van der Waals surface area contributed by atoms with Crippen LogP contribution in [0.4, 0.5) is 18.9 Å². The average molecular weight is 468 g/mol. The van der Waals surface area contributed by atoms with Gasteiger partial charge in [0, 0.05) is 23.6 Å². The summed E-state index contributed by atoms with van der Waals surface area (Å²) in [5, 5.41) is 2.69. The molecule has 0 unspecified atom stereocenters. The Labute approximate surface area is 195 Å². The van der Waals surface area contributed by atoms with E-state index in [1.54, 1.807) is 24.3 Å². The number of aromatic amines is 1. The number of benzene rings is 2. The van der Waals surface area contributed by atoms with Crippen molar-refractivity contribution in [1.29, 1.82) is 0 Å². The van der Waals surface area contributed by atoms with Crippen molar-refractivity contribution in [1.82, 2.24) is 14.9 Å². The molecule has 0 aliphatic carbocycles. The van der Waals surface area contributed by atoms with Crippen molar-refractivity contribution in [3.63, 3.8) is 0 Å². The van der Waals surface area contributed by atoms with Crippen LogP contribution in [0.5, 0.6) is 5.75 Å². The summed E-state index contributed by atoms with van der Waals surface area (Å²) >= 11 is 0. The Kier molecular flexibility index (Phi) is 7.18. The molecule has 3 aromatic rings. The van der Waals surface area contributed by atoms with Crippen LogP contribution >= 0.6 is 0 Å². The molecular formula is C25H23F3N4O2. The second-order valence-corrected chi connectivity index (χ2v) is 7.82. The second kappa shape index (κ2) is 10.4. The van der Waals surface area contributed by atoms with Gasteiger partial charge in [-0.3, -0.25) is 9.69 Å². The molecule has 2 N–H and O–H groups in total. The molecule has 6 nitrogen and oxygen atoms in total. The maximum atomic E-state index is 13.0. The van der Waals surface area contributed by atoms with Crippen LogP contribution in [0.1, 0.15) is 24.1 Å². The number of H-pyrrole nitrogens is 1. The van der Waals surface area contributed by atoms with E-state index in [1.165, 1.54) is 18.9 Å². The molecule has 0 bridgehead atoms. The zero-order valence-corrected chi connectivity index (χ0v) is 18.3. The van der Waals surface area contributed by atoms with Gasteiger partial charge in [-0.1, -0.05) is 24.1 Å². The van der Waals surface area contributed by atoms with Crippen LogP contribution in [0.25, 0.3) is 11.4 Å². The number of nitrogens with one attached hydrogen (secondary N) is 2. The molecule has 0 atom stereocenters. The molecule has 1 fully saturated rings. The van der Waals surface area contributed by atoms with Gasteiger partial charge in [-0.25, -0.2) is 4.98 Å². The number of hydrogen-bond donors (Lipinski definition) is 2. The van der Waals surface area contributed by atoms with Gasteiger partial charge in [-0.15, -0.1) is 0 Å². The minimum absolute atomic E-state index is 0.0295. The monoisotopic (exact) mass is 468 g/mol. The molecule has 1 amide bonds. The van der Waals surface area contributed by atoms with E-state index in [0.29, 0.717) is 29.2 Å². The molecule has 4 rings (SSSR count). The van der Waals surface area contributed by atoms with Crippen molar-refractivity contribution in [3.8, 4) is 29.0 Å². The lowest BCUT2D eigenvalue weighted by atomic mass is 10.1. The van der Waals surface area contributed by atoms with Gasteiger partial charge in [-0.2, -0.15) is 13.2 Å². The van der Waals surface area contributed by atoms with Crippen LogP contribution in [-0.2, 0) is 11.0 Å². The average Bonchev–Trinajstić information content (AvgIpc) is 3.52. The van der Waals surface area contributed by atoms with Crippen LogP contribution in [0.2, 0.25) is 0 Å². The predicted molar refractivity (Wildman–Crippen MR) is 122 cm³/mol. The number of ether oxygens (including phenoxy) is 1.